The van der Waals surface area contributed by atoms with Crippen LogP contribution in [0.3, 0.4) is 0 Å². The molecule has 0 unspecified atom stereocenters. The standard InChI is InChI=1S/C14H22ClN3/c1-3-6-17-7-9-18(10-8-17)14-5-4-13(11-15)12(2)16-14/h4-5H,3,6-11H2,1-2H3. The number of pyridine rings is 1. The van der Waals surface area contributed by atoms with Gasteiger partial charge < -0.3 is 4.90 Å². The number of piperazine rings is 1. The van der Waals surface area contributed by atoms with E-state index < -0.39 is 0 Å². The van der Waals surface area contributed by atoms with E-state index in [4.69, 9.17) is 11.6 Å². The quantitative estimate of drug-likeness (QED) is 0.782. The van der Waals surface area contributed by atoms with Gasteiger partial charge in [0.15, 0.2) is 0 Å². The Morgan fingerprint density at radius 2 is 1.94 bits per heavy atom. The minimum atomic E-state index is 0.545. The lowest BCUT2D eigenvalue weighted by Crippen LogP contribution is -2.46. The van der Waals surface area contributed by atoms with Gasteiger partial charge in [-0.3, -0.25) is 4.90 Å². The molecule has 1 aliphatic rings. The molecule has 1 aromatic heterocycles. The monoisotopic (exact) mass is 267 g/mol. The Bertz CT molecular complexity index is 387. The molecule has 0 radical (unpaired) electrons. The number of aromatic nitrogens is 1. The average molecular weight is 268 g/mol. The largest absolute Gasteiger partial charge is 0.354 e. The third kappa shape index (κ3) is 3.15. The Labute approximate surface area is 115 Å². The van der Waals surface area contributed by atoms with Crippen LogP contribution in [0.4, 0.5) is 5.82 Å². The molecule has 3 nitrogen and oxygen atoms in total. The molecule has 2 rings (SSSR count). The van der Waals surface area contributed by atoms with Gasteiger partial charge >= 0.3 is 0 Å². The van der Waals surface area contributed by atoms with Crippen LogP contribution >= 0.6 is 11.6 Å². The fraction of sp³-hybridized carbons (Fsp3) is 0.643. The van der Waals surface area contributed by atoms with Gasteiger partial charge in [0.25, 0.3) is 0 Å². The number of halogens is 1. The molecule has 0 amide bonds. The van der Waals surface area contributed by atoms with E-state index in [1.807, 2.05) is 6.92 Å². The maximum atomic E-state index is 5.86. The van der Waals surface area contributed by atoms with Gasteiger partial charge in [-0.15, -0.1) is 11.6 Å². The highest BCUT2D eigenvalue weighted by molar-refractivity contribution is 6.17. The summed E-state index contributed by atoms with van der Waals surface area (Å²) in [5, 5.41) is 0. The van der Waals surface area contributed by atoms with E-state index in [1.165, 1.54) is 13.0 Å². The molecule has 0 saturated carbocycles. The van der Waals surface area contributed by atoms with Crippen molar-refractivity contribution in [3.05, 3.63) is 23.4 Å². The first-order valence-electron chi connectivity index (χ1n) is 6.74. The summed E-state index contributed by atoms with van der Waals surface area (Å²) >= 11 is 5.86. The van der Waals surface area contributed by atoms with E-state index in [9.17, 15) is 0 Å². The van der Waals surface area contributed by atoms with Crippen molar-refractivity contribution in [2.24, 2.45) is 0 Å². The lowest BCUT2D eigenvalue weighted by atomic mass is 10.2. The second-order valence-corrected chi connectivity index (χ2v) is 5.14. The summed E-state index contributed by atoms with van der Waals surface area (Å²) in [5.74, 6) is 1.64. The molecule has 0 atom stereocenters. The normalized spacial score (nSPS) is 17.2. The lowest BCUT2D eigenvalue weighted by molar-refractivity contribution is 0.258. The molecule has 100 valence electrons. The summed E-state index contributed by atoms with van der Waals surface area (Å²) < 4.78 is 0. The van der Waals surface area contributed by atoms with Gasteiger partial charge in [-0.1, -0.05) is 13.0 Å². The summed E-state index contributed by atoms with van der Waals surface area (Å²) in [6, 6.07) is 4.20. The number of alkyl halides is 1. The van der Waals surface area contributed by atoms with Gasteiger partial charge in [0.1, 0.15) is 5.82 Å². The highest BCUT2D eigenvalue weighted by Crippen LogP contribution is 2.17. The van der Waals surface area contributed by atoms with Crippen LogP contribution in [0.15, 0.2) is 12.1 Å². The van der Waals surface area contributed by atoms with Crippen molar-refractivity contribution in [3.8, 4) is 0 Å². The van der Waals surface area contributed by atoms with Crippen LogP contribution in [0.25, 0.3) is 0 Å². The van der Waals surface area contributed by atoms with E-state index in [-0.39, 0.29) is 0 Å². The maximum Gasteiger partial charge on any atom is 0.128 e. The Morgan fingerprint density at radius 1 is 1.22 bits per heavy atom. The Morgan fingerprint density at radius 3 is 2.50 bits per heavy atom. The number of hydrogen-bond donors (Lipinski definition) is 0. The average Bonchev–Trinajstić information content (AvgIpc) is 2.40. The third-order valence-corrected chi connectivity index (χ3v) is 3.85. The highest BCUT2D eigenvalue weighted by atomic mass is 35.5. The summed E-state index contributed by atoms with van der Waals surface area (Å²) in [6.07, 6.45) is 1.24. The molecule has 2 heterocycles. The first kappa shape index (κ1) is 13.6. The number of hydrogen-bond acceptors (Lipinski definition) is 3. The van der Waals surface area contributed by atoms with Crippen molar-refractivity contribution >= 4 is 17.4 Å². The minimum Gasteiger partial charge on any atom is -0.354 e. The molecule has 1 fully saturated rings. The molecule has 1 aliphatic heterocycles. The van der Waals surface area contributed by atoms with Gasteiger partial charge in [0, 0.05) is 37.8 Å². The molecular weight excluding hydrogens is 246 g/mol. The Kier molecular flexibility index (Phi) is 4.84. The zero-order chi connectivity index (χ0) is 13.0. The van der Waals surface area contributed by atoms with E-state index in [0.29, 0.717) is 5.88 Å². The van der Waals surface area contributed by atoms with Crippen LogP contribution < -0.4 is 4.90 Å². The molecule has 0 aliphatic carbocycles. The van der Waals surface area contributed by atoms with Crippen molar-refractivity contribution < 1.29 is 0 Å². The molecule has 0 spiro atoms. The molecule has 1 aromatic rings. The molecule has 0 bridgehead atoms. The van der Waals surface area contributed by atoms with Gasteiger partial charge in [0.2, 0.25) is 0 Å². The fourth-order valence-corrected chi connectivity index (χ4v) is 2.69. The second kappa shape index (κ2) is 6.39. The molecule has 18 heavy (non-hydrogen) atoms. The molecule has 1 saturated heterocycles. The fourth-order valence-electron chi connectivity index (χ4n) is 2.41. The van der Waals surface area contributed by atoms with Crippen LogP contribution in [0.5, 0.6) is 0 Å². The topological polar surface area (TPSA) is 19.4 Å². The summed E-state index contributed by atoms with van der Waals surface area (Å²) in [4.78, 5) is 9.56. The van der Waals surface area contributed by atoms with Crippen molar-refractivity contribution in [2.45, 2.75) is 26.1 Å². The smallest absolute Gasteiger partial charge is 0.128 e. The van der Waals surface area contributed by atoms with Crippen molar-refractivity contribution in [3.63, 3.8) is 0 Å². The first-order chi connectivity index (χ1) is 8.74. The summed E-state index contributed by atoms with van der Waals surface area (Å²) in [5.41, 5.74) is 2.18. The SMILES string of the molecule is CCCN1CCN(c2ccc(CCl)c(C)n2)CC1. The van der Waals surface area contributed by atoms with E-state index in [1.54, 1.807) is 0 Å². The van der Waals surface area contributed by atoms with Gasteiger partial charge in [0.05, 0.1) is 0 Å². The zero-order valence-corrected chi connectivity index (χ0v) is 12.1. The van der Waals surface area contributed by atoms with Gasteiger partial charge in [-0.25, -0.2) is 4.98 Å². The van der Waals surface area contributed by atoms with E-state index >= 15 is 0 Å². The van der Waals surface area contributed by atoms with Gasteiger partial charge in [-0.2, -0.15) is 0 Å². The third-order valence-electron chi connectivity index (χ3n) is 3.56. The van der Waals surface area contributed by atoms with E-state index in [2.05, 4.69) is 33.8 Å². The van der Waals surface area contributed by atoms with Crippen molar-refractivity contribution in [1.82, 2.24) is 9.88 Å². The lowest BCUT2D eigenvalue weighted by Gasteiger charge is -2.35. The maximum absolute atomic E-state index is 5.86. The van der Waals surface area contributed by atoms with Crippen LogP contribution in [0, 0.1) is 6.92 Å². The molecule has 0 aromatic carbocycles. The number of rotatable bonds is 4. The molecule has 0 N–H and O–H groups in total. The predicted octanol–water partition coefficient (Wildman–Crippen LogP) is 2.66. The number of anilines is 1. The predicted molar refractivity (Wildman–Crippen MR) is 77.5 cm³/mol. The number of aryl methyl sites for hydroxylation is 1. The van der Waals surface area contributed by atoms with Crippen LogP contribution in [-0.4, -0.2) is 42.6 Å². The highest BCUT2D eigenvalue weighted by Gasteiger charge is 2.17. The molecular formula is C14H22ClN3. The van der Waals surface area contributed by atoms with Crippen LogP contribution in [0.2, 0.25) is 0 Å². The first-order valence-corrected chi connectivity index (χ1v) is 7.28. The minimum absolute atomic E-state index is 0.545. The van der Waals surface area contributed by atoms with Crippen LogP contribution in [0.1, 0.15) is 24.6 Å². The van der Waals surface area contributed by atoms with Gasteiger partial charge in [-0.05, 0) is 31.5 Å². The summed E-state index contributed by atoms with van der Waals surface area (Å²) in [6.45, 7) is 9.93. The number of nitrogens with zero attached hydrogens (tertiary/aromatic N) is 3. The zero-order valence-electron chi connectivity index (χ0n) is 11.3. The Balaban J connectivity index is 1.99. The second-order valence-electron chi connectivity index (χ2n) is 4.88. The van der Waals surface area contributed by atoms with Crippen LogP contribution in [-0.2, 0) is 5.88 Å². The summed E-state index contributed by atoms with van der Waals surface area (Å²) in [7, 11) is 0. The van der Waals surface area contributed by atoms with Crippen molar-refractivity contribution in [2.75, 3.05) is 37.6 Å². The Hall–Kier alpha value is -0.800. The molecule has 4 heteroatoms. The van der Waals surface area contributed by atoms with E-state index in [0.717, 1.165) is 43.3 Å². The van der Waals surface area contributed by atoms with Crippen molar-refractivity contribution in [1.29, 1.82) is 0 Å².